The zero-order valence-electron chi connectivity index (χ0n) is 10.6. The third kappa shape index (κ3) is 4.87. The molecule has 18 heavy (non-hydrogen) atoms. The number of halogens is 1. The highest BCUT2D eigenvalue weighted by atomic mass is 79.9. The van der Waals surface area contributed by atoms with Crippen molar-refractivity contribution in [2.24, 2.45) is 0 Å². The molecule has 0 saturated heterocycles. The smallest absolute Gasteiger partial charge is 0.325 e. The van der Waals surface area contributed by atoms with Gasteiger partial charge in [-0.1, -0.05) is 12.1 Å². The fraction of sp³-hybridized carbons (Fsp3) is 0.385. The van der Waals surface area contributed by atoms with Gasteiger partial charge in [-0.15, -0.1) is 0 Å². The molecule has 0 radical (unpaired) electrons. The van der Waals surface area contributed by atoms with E-state index in [9.17, 15) is 9.59 Å². The Morgan fingerprint density at radius 3 is 2.44 bits per heavy atom. The molecule has 1 aromatic rings. The van der Waals surface area contributed by atoms with Crippen LogP contribution in [0.3, 0.4) is 0 Å². The van der Waals surface area contributed by atoms with Crippen LogP contribution < -0.4 is 5.32 Å². The van der Waals surface area contributed by atoms with Crippen molar-refractivity contribution in [2.45, 2.75) is 26.4 Å². The van der Waals surface area contributed by atoms with Crippen molar-refractivity contribution >= 4 is 27.8 Å². The molecule has 0 aliphatic carbocycles. The Labute approximate surface area is 115 Å². The molecular formula is C13H16BrNO3. The first kappa shape index (κ1) is 14.7. The first-order chi connectivity index (χ1) is 8.29. The van der Waals surface area contributed by atoms with Crippen molar-refractivity contribution in [3.8, 4) is 0 Å². The molecular weight excluding hydrogens is 298 g/mol. The Morgan fingerprint density at radius 1 is 1.28 bits per heavy atom. The van der Waals surface area contributed by atoms with E-state index < -0.39 is 11.6 Å². The summed E-state index contributed by atoms with van der Waals surface area (Å²) in [4.78, 5) is 23.2. The Balaban J connectivity index is 2.52. The number of nitrogens with one attached hydrogen (secondary N) is 1. The molecule has 1 rings (SSSR count). The lowest BCUT2D eigenvalue weighted by molar-refractivity contribution is -0.153. The molecule has 0 saturated carbocycles. The average molecular weight is 314 g/mol. The Hall–Kier alpha value is -1.36. The first-order valence-electron chi connectivity index (χ1n) is 5.54. The number of benzene rings is 1. The van der Waals surface area contributed by atoms with Crippen molar-refractivity contribution in [1.82, 2.24) is 5.32 Å². The molecule has 0 atom stereocenters. The summed E-state index contributed by atoms with van der Waals surface area (Å²) in [5.41, 5.74) is -0.0594. The minimum absolute atomic E-state index is 0.141. The van der Waals surface area contributed by atoms with Crippen LogP contribution in [0.2, 0.25) is 0 Å². The van der Waals surface area contributed by atoms with Gasteiger partial charge in [0.1, 0.15) is 12.1 Å². The standard InChI is InChI=1S/C13H16BrNO3/c1-13(2,3)18-11(16)8-15-12(17)9-6-4-5-7-10(9)14/h4-7H,8H2,1-3H3,(H,15,17). The fourth-order valence-corrected chi connectivity index (χ4v) is 1.74. The van der Waals surface area contributed by atoms with Gasteiger partial charge in [0.2, 0.25) is 0 Å². The maximum absolute atomic E-state index is 11.8. The van der Waals surface area contributed by atoms with Crippen molar-refractivity contribution in [1.29, 1.82) is 0 Å². The molecule has 1 aromatic carbocycles. The van der Waals surface area contributed by atoms with E-state index in [-0.39, 0.29) is 12.5 Å². The Morgan fingerprint density at radius 2 is 1.89 bits per heavy atom. The number of esters is 1. The fourth-order valence-electron chi connectivity index (χ4n) is 1.27. The first-order valence-corrected chi connectivity index (χ1v) is 6.33. The van der Waals surface area contributed by atoms with E-state index >= 15 is 0 Å². The predicted octanol–water partition coefficient (Wildman–Crippen LogP) is 2.52. The summed E-state index contributed by atoms with van der Waals surface area (Å²) in [6.07, 6.45) is 0. The summed E-state index contributed by atoms with van der Waals surface area (Å²) in [5, 5.41) is 2.52. The topological polar surface area (TPSA) is 55.4 Å². The lowest BCUT2D eigenvalue weighted by Crippen LogP contribution is -2.34. The monoisotopic (exact) mass is 313 g/mol. The van der Waals surface area contributed by atoms with Crippen molar-refractivity contribution in [3.63, 3.8) is 0 Å². The van der Waals surface area contributed by atoms with Crippen LogP contribution in [0, 0.1) is 0 Å². The van der Waals surface area contributed by atoms with E-state index in [1.54, 1.807) is 39.0 Å². The Kier molecular flexibility index (Phi) is 4.90. The molecule has 0 unspecified atom stereocenters. The summed E-state index contributed by atoms with van der Waals surface area (Å²) in [6.45, 7) is 5.19. The zero-order chi connectivity index (χ0) is 13.8. The Bertz CT molecular complexity index is 452. The molecule has 0 bridgehead atoms. The summed E-state index contributed by atoms with van der Waals surface area (Å²) in [7, 11) is 0. The van der Waals surface area contributed by atoms with Gasteiger partial charge in [0.05, 0.1) is 5.56 Å². The van der Waals surface area contributed by atoms with Gasteiger partial charge >= 0.3 is 5.97 Å². The molecule has 0 aromatic heterocycles. The molecule has 5 heteroatoms. The lowest BCUT2D eigenvalue weighted by Gasteiger charge is -2.19. The van der Waals surface area contributed by atoms with Crippen LogP contribution >= 0.6 is 15.9 Å². The molecule has 4 nitrogen and oxygen atoms in total. The lowest BCUT2D eigenvalue weighted by atomic mass is 10.2. The number of hydrogen-bond donors (Lipinski definition) is 1. The number of amides is 1. The quantitative estimate of drug-likeness (QED) is 0.872. The largest absolute Gasteiger partial charge is 0.459 e. The van der Waals surface area contributed by atoms with E-state index in [4.69, 9.17) is 4.74 Å². The van der Waals surface area contributed by atoms with Crippen LogP contribution in [-0.4, -0.2) is 24.0 Å². The van der Waals surface area contributed by atoms with Gasteiger partial charge in [-0.3, -0.25) is 9.59 Å². The summed E-state index contributed by atoms with van der Waals surface area (Å²) < 4.78 is 5.78. The second-order valence-electron chi connectivity index (χ2n) is 4.75. The van der Waals surface area contributed by atoms with Crippen LogP contribution in [0.25, 0.3) is 0 Å². The number of carbonyl (C=O) groups is 2. The van der Waals surface area contributed by atoms with E-state index in [0.717, 1.165) is 0 Å². The molecule has 98 valence electrons. The maximum atomic E-state index is 11.8. The van der Waals surface area contributed by atoms with Gasteiger partial charge in [-0.05, 0) is 48.8 Å². The van der Waals surface area contributed by atoms with Crippen LogP contribution in [0.4, 0.5) is 0 Å². The number of rotatable bonds is 3. The van der Waals surface area contributed by atoms with Gasteiger partial charge in [0.25, 0.3) is 5.91 Å². The molecule has 0 heterocycles. The van der Waals surface area contributed by atoms with Crippen LogP contribution in [0.15, 0.2) is 28.7 Å². The minimum atomic E-state index is -0.546. The van der Waals surface area contributed by atoms with Crippen LogP contribution in [0.1, 0.15) is 31.1 Å². The van der Waals surface area contributed by atoms with Crippen molar-refractivity contribution < 1.29 is 14.3 Å². The van der Waals surface area contributed by atoms with Gasteiger partial charge < -0.3 is 10.1 Å². The van der Waals surface area contributed by atoms with Crippen LogP contribution in [0.5, 0.6) is 0 Å². The number of ether oxygens (including phenoxy) is 1. The van der Waals surface area contributed by atoms with Gasteiger partial charge in [0, 0.05) is 4.47 Å². The highest BCUT2D eigenvalue weighted by molar-refractivity contribution is 9.10. The molecule has 1 amide bonds. The van der Waals surface area contributed by atoms with Crippen molar-refractivity contribution in [2.75, 3.05) is 6.54 Å². The zero-order valence-corrected chi connectivity index (χ0v) is 12.2. The predicted molar refractivity (Wildman–Crippen MR) is 72.3 cm³/mol. The molecule has 0 aliphatic rings. The third-order valence-electron chi connectivity index (χ3n) is 1.93. The van der Waals surface area contributed by atoms with E-state index in [1.807, 2.05) is 6.07 Å². The van der Waals surface area contributed by atoms with Gasteiger partial charge in [-0.25, -0.2) is 0 Å². The molecule has 0 spiro atoms. The van der Waals surface area contributed by atoms with E-state index in [1.165, 1.54) is 0 Å². The maximum Gasteiger partial charge on any atom is 0.325 e. The number of carbonyl (C=O) groups excluding carboxylic acids is 2. The summed E-state index contributed by atoms with van der Waals surface area (Å²) >= 11 is 3.28. The average Bonchev–Trinajstić information content (AvgIpc) is 2.24. The molecule has 0 fully saturated rings. The van der Waals surface area contributed by atoms with Gasteiger partial charge in [0.15, 0.2) is 0 Å². The minimum Gasteiger partial charge on any atom is -0.459 e. The normalized spacial score (nSPS) is 10.9. The SMILES string of the molecule is CC(C)(C)OC(=O)CNC(=O)c1ccccc1Br. The molecule has 0 aliphatic heterocycles. The number of hydrogen-bond acceptors (Lipinski definition) is 3. The highest BCUT2D eigenvalue weighted by Crippen LogP contribution is 2.15. The van der Waals surface area contributed by atoms with Crippen LogP contribution in [-0.2, 0) is 9.53 Å². The second-order valence-corrected chi connectivity index (χ2v) is 5.60. The summed E-state index contributed by atoms with van der Waals surface area (Å²) in [6, 6.07) is 7.01. The molecule has 1 N–H and O–H groups in total. The third-order valence-corrected chi connectivity index (χ3v) is 2.62. The van der Waals surface area contributed by atoms with E-state index in [0.29, 0.717) is 10.0 Å². The second kappa shape index (κ2) is 6.00. The van der Waals surface area contributed by atoms with Crippen molar-refractivity contribution in [3.05, 3.63) is 34.3 Å². The van der Waals surface area contributed by atoms with Gasteiger partial charge in [-0.2, -0.15) is 0 Å². The summed E-state index contributed by atoms with van der Waals surface area (Å²) in [5.74, 6) is -0.767. The highest BCUT2D eigenvalue weighted by Gasteiger charge is 2.17. The van der Waals surface area contributed by atoms with E-state index in [2.05, 4.69) is 21.2 Å².